The van der Waals surface area contributed by atoms with Crippen molar-refractivity contribution in [2.75, 3.05) is 40.3 Å². The molecule has 2 aliphatic rings. The monoisotopic (exact) mass is 281 g/mol. The Morgan fingerprint density at radius 1 is 1.05 bits per heavy atom. The van der Waals surface area contributed by atoms with E-state index in [1.54, 1.807) is 0 Å². The van der Waals surface area contributed by atoms with Crippen LogP contribution in [-0.4, -0.2) is 62.2 Å². The third-order valence-electron chi connectivity index (χ3n) is 5.41. The van der Waals surface area contributed by atoms with Crippen LogP contribution in [0.25, 0.3) is 0 Å². The van der Waals surface area contributed by atoms with Crippen molar-refractivity contribution in [3.05, 3.63) is 0 Å². The van der Waals surface area contributed by atoms with E-state index in [-0.39, 0.29) is 0 Å². The second-order valence-electron chi connectivity index (χ2n) is 7.16. The summed E-state index contributed by atoms with van der Waals surface area (Å²) in [5, 5.41) is 3.88. The SMILES string of the molecule is CCCC1CCCC(NCC2CN(C)CCN2C)CC1. The molecule has 1 aliphatic carbocycles. The van der Waals surface area contributed by atoms with Crippen molar-refractivity contribution in [1.29, 1.82) is 0 Å². The molecule has 0 aromatic heterocycles. The lowest BCUT2D eigenvalue weighted by Gasteiger charge is -2.38. The molecule has 1 saturated heterocycles. The van der Waals surface area contributed by atoms with Crippen molar-refractivity contribution in [3.63, 3.8) is 0 Å². The molecule has 3 atom stereocenters. The first-order valence-corrected chi connectivity index (χ1v) is 8.81. The summed E-state index contributed by atoms with van der Waals surface area (Å²) >= 11 is 0. The first kappa shape index (κ1) is 16.3. The summed E-state index contributed by atoms with van der Waals surface area (Å²) in [4.78, 5) is 5.00. The van der Waals surface area contributed by atoms with E-state index in [2.05, 4.69) is 36.1 Å². The smallest absolute Gasteiger partial charge is 0.0345 e. The molecule has 20 heavy (non-hydrogen) atoms. The Morgan fingerprint density at radius 2 is 1.90 bits per heavy atom. The summed E-state index contributed by atoms with van der Waals surface area (Å²) in [5.74, 6) is 1.01. The van der Waals surface area contributed by atoms with Crippen LogP contribution >= 0.6 is 0 Å². The van der Waals surface area contributed by atoms with Gasteiger partial charge in [0.15, 0.2) is 0 Å². The van der Waals surface area contributed by atoms with Gasteiger partial charge < -0.3 is 10.2 Å². The summed E-state index contributed by atoms with van der Waals surface area (Å²) in [5.41, 5.74) is 0. The highest BCUT2D eigenvalue weighted by atomic mass is 15.3. The fraction of sp³-hybridized carbons (Fsp3) is 1.00. The number of piperazine rings is 1. The van der Waals surface area contributed by atoms with Crippen LogP contribution in [0.2, 0.25) is 0 Å². The molecule has 3 unspecified atom stereocenters. The molecule has 0 aromatic carbocycles. The second-order valence-corrected chi connectivity index (χ2v) is 7.16. The average molecular weight is 281 g/mol. The minimum atomic E-state index is 0.698. The minimum Gasteiger partial charge on any atom is -0.312 e. The number of rotatable bonds is 5. The predicted molar refractivity (Wildman–Crippen MR) is 87.2 cm³/mol. The van der Waals surface area contributed by atoms with E-state index in [0.717, 1.165) is 12.0 Å². The van der Waals surface area contributed by atoms with Crippen LogP contribution in [0.15, 0.2) is 0 Å². The van der Waals surface area contributed by atoms with E-state index in [9.17, 15) is 0 Å². The highest BCUT2D eigenvalue weighted by Crippen LogP contribution is 2.26. The third-order valence-corrected chi connectivity index (χ3v) is 5.41. The van der Waals surface area contributed by atoms with Crippen molar-refractivity contribution < 1.29 is 0 Å². The Kier molecular flexibility index (Phi) is 6.79. The standard InChI is InChI=1S/C17H35N3/c1-4-6-15-7-5-8-16(10-9-15)18-13-17-14-19(2)11-12-20(17)3/h15-18H,4-14H2,1-3H3. The van der Waals surface area contributed by atoms with Gasteiger partial charge in [-0.1, -0.05) is 32.6 Å². The van der Waals surface area contributed by atoms with Crippen molar-refractivity contribution in [1.82, 2.24) is 15.1 Å². The normalized spacial score (nSPS) is 34.0. The van der Waals surface area contributed by atoms with Gasteiger partial charge in [0.25, 0.3) is 0 Å². The molecule has 0 bridgehead atoms. The Morgan fingerprint density at radius 3 is 2.70 bits per heavy atom. The average Bonchev–Trinajstić information content (AvgIpc) is 2.66. The van der Waals surface area contributed by atoms with Gasteiger partial charge in [0.05, 0.1) is 0 Å². The Bertz CT molecular complexity index is 269. The molecule has 0 amide bonds. The van der Waals surface area contributed by atoms with Crippen molar-refractivity contribution in [3.8, 4) is 0 Å². The number of hydrogen-bond donors (Lipinski definition) is 1. The van der Waals surface area contributed by atoms with Crippen molar-refractivity contribution in [2.45, 2.75) is 64.0 Å². The molecule has 3 heteroatoms. The number of nitrogens with zero attached hydrogens (tertiary/aromatic N) is 2. The van der Waals surface area contributed by atoms with Crippen molar-refractivity contribution in [2.24, 2.45) is 5.92 Å². The minimum absolute atomic E-state index is 0.698. The van der Waals surface area contributed by atoms with E-state index < -0.39 is 0 Å². The van der Waals surface area contributed by atoms with Crippen LogP contribution < -0.4 is 5.32 Å². The first-order valence-electron chi connectivity index (χ1n) is 8.81. The molecule has 118 valence electrons. The predicted octanol–water partition coefficient (Wildman–Crippen LogP) is 2.57. The maximum Gasteiger partial charge on any atom is 0.0345 e. The fourth-order valence-corrected chi connectivity index (χ4v) is 3.90. The molecular weight excluding hydrogens is 246 g/mol. The fourth-order valence-electron chi connectivity index (χ4n) is 3.90. The maximum absolute atomic E-state index is 3.88. The van der Waals surface area contributed by atoms with E-state index in [4.69, 9.17) is 0 Å². The van der Waals surface area contributed by atoms with Gasteiger partial charge in [-0.05, 0) is 39.3 Å². The van der Waals surface area contributed by atoms with Crippen LogP contribution in [0, 0.1) is 5.92 Å². The molecular formula is C17H35N3. The Balaban J connectivity index is 1.70. The Hall–Kier alpha value is -0.120. The molecule has 1 aliphatic heterocycles. The van der Waals surface area contributed by atoms with Gasteiger partial charge in [-0.3, -0.25) is 4.90 Å². The maximum atomic E-state index is 3.88. The molecule has 1 N–H and O–H groups in total. The molecule has 0 aromatic rings. The highest BCUT2D eigenvalue weighted by molar-refractivity contribution is 4.83. The summed E-state index contributed by atoms with van der Waals surface area (Å²) in [6.07, 6.45) is 9.96. The van der Waals surface area contributed by atoms with Gasteiger partial charge in [0, 0.05) is 38.3 Å². The highest BCUT2D eigenvalue weighted by Gasteiger charge is 2.24. The molecule has 3 nitrogen and oxygen atoms in total. The quantitative estimate of drug-likeness (QED) is 0.781. The number of nitrogens with one attached hydrogen (secondary N) is 1. The number of hydrogen-bond acceptors (Lipinski definition) is 3. The summed E-state index contributed by atoms with van der Waals surface area (Å²) in [6.45, 7) is 7.15. The van der Waals surface area contributed by atoms with E-state index >= 15 is 0 Å². The molecule has 0 spiro atoms. The van der Waals surface area contributed by atoms with Crippen LogP contribution in [0.3, 0.4) is 0 Å². The third kappa shape index (κ3) is 5.01. The summed E-state index contributed by atoms with van der Waals surface area (Å²) in [7, 11) is 4.53. The van der Waals surface area contributed by atoms with E-state index in [1.165, 1.54) is 71.1 Å². The van der Waals surface area contributed by atoms with Crippen LogP contribution in [0.4, 0.5) is 0 Å². The topological polar surface area (TPSA) is 18.5 Å². The first-order chi connectivity index (χ1) is 9.69. The van der Waals surface area contributed by atoms with Crippen LogP contribution in [-0.2, 0) is 0 Å². The van der Waals surface area contributed by atoms with Gasteiger partial charge in [-0.15, -0.1) is 0 Å². The van der Waals surface area contributed by atoms with E-state index in [1.807, 2.05) is 0 Å². The van der Waals surface area contributed by atoms with Gasteiger partial charge >= 0.3 is 0 Å². The molecule has 0 radical (unpaired) electrons. The van der Waals surface area contributed by atoms with Crippen molar-refractivity contribution >= 4 is 0 Å². The van der Waals surface area contributed by atoms with Gasteiger partial charge in [0.2, 0.25) is 0 Å². The zero-order valence-electron chi connectivity index (χ0n) is 13.9. The Labute approximate surface area is 126 Å². The van der Waals surface area contributed by atoms with Crippen LogP contribution in [0.5, 0.6) is 0 Å². The summed E-state index contributed by atoms with van der Waals surface area (Å²) in [6, 6.07) is 1.47. The molecule has 2 fully saturated rings. The molecule has 1 saturated carbocycles. The lowest BCUT2D eigenvalue weighted by molar-refractivity contribution is 0.111. The second kappa shape index (κ2) is 8.35. The zero-order valence-corrected chi connectivity index (χ0v) is 13.9. The van der Waals surface area contributed by atoms with Crippen LogP contribution in [0.1, 0.15) is 51.9 Å². The molecule has 2 rings (SSSR count). The molecule has 1 heterocycles. The largest absolute Gasteiger partial charge is 0.312 e. The van der Waals surface area contributed by atoms with Gasteiger partial charge in [0.1, 0.15) is 0 Å². The summed E-state index contributed by atoms with van der Waals surface area (Å²) < 4.78 is 0. The van der Waals surface area contributed by atoms with Gasteiger partial charge in [-0.2, -0.15) is 0 Å². The zero-order chi connectivity index (χ0) is 14.4. The van der Waals surface area contributed by atoms with Gasteiger partial charge in [-0.25, -0.2) is 0 Å². The lowest BCUT2D eigenvalue weighted by Crippen LogP contribution is -2.54. The number of likely N-dealkylation sites (N-methyl/N-ethyl adjacent to an activating group) is 2. The van der Waals surface area contributed by atoms with E-state index in [0.29, 0.717) is 6.04 Å². The lowest BCUT2D eigenvalue weighted by atomic mass is 9.95.